The first-order valence-corrected chi connectivity index (χ1v) is 8.43. The van der Waals surface area contributed by atoms with Crippen molar-refractivity contribution in [1.29, 1.82) is 0 Å². The predicted molar refractivity (Wildman–Crippen MR) is 83.8 cm³/mol. The van der Waals surface area contributed by atoms with Gasteiger partial charge in [-0.3, -0.25) is 9.69 Å². The minimum atomic E-state index is -0.453. The molecule has 0 saturated carbocycles. The first-order valence-electron chi connectivity index (χ1n) is 7.64. The van der Waals surface area contributed by atoms with E-state index in [2.05, 4.69) is 20.8 Å². The van der Waals surface area contributed by atoms with Crippen molar-refractivity contribution in [3.63, 3.8) is 0 Å². The Labute approximate surface area is 133 Å². The Hall–Kier alpha value is -0.940. The lowest BCUT2D eigenvalue weighted by molar-refractivity contribution is 0.0603. The number of amides is 1. The summed E-state index contributed by atoms with van der Waals surface area (Å²) in [6, 6.07) is 5.35. The molecule has 21 heavy (non-hydrogen) atoms. The van der Waals surface area contributed by atoms with Crippen LogP contribution in [-0.2, 0) is 0 Å². The minimum absolute atomic E-state index is 0.173. The molecule has 114 valence electrons. The fourth-order valence-corrected chi connectivity index (χ4v) is 3.75. The molecule has 0 aliphatic carbocycles. The van der Waals surface area contributed by atoms with Gasteiger partial charge in [0.15, 0.2) is 0 Å². The van der Waals surface area contributed by atoms with E-state index >= 15 is 0 Å². The van der Waals surface area contributed by atoms with E-state index in [0.717, 1.165) is 39.0 Å². The lowest BCUT2D eigenvalue weighted by Crippen LogP contribution is -2.49. The fraction of sp³-hybridized carbons (Fsp3) is 0.562. The zero-order chi connectivity index (χ0) is 14.8. The molecule has 0 N–H and O–H groups in total. The highest BCUT2D eigenvalue weighted by atomic mass is 79.9. The number of carbonyl (C=O) groups excluding carboxylic acids is 1. The summed E-state index contributed by atoms with van der Waals surface area (Å²) >= 11 is 3.15. The smallest absolute Gasteiger partial charge is 0.256 e. The number of halogens is 2. The Morgan fingerprint density at radius 1 is 1.19 bits per heavy atom. The lowest BCUT2D eigenvalue weighted by Gasteiger charge is -2.37. The second-order valence-corrected chi connectivity index (χ2v) is 6.75. The number of piperidine rings is 1. The van der Waals surface area contributed by atoms with Gasteiger partial charge < -0.3 is 4.90 Å². The van der Waals surface area contributed by atoms with Crippen LogP contribution in [0.15, 0.2) is 22.7 Å². The first kappa shape index (κ1) is 15.0. The third-order valence-corrected chi connectivity index (χ3v) is 5.14. The van der Waals surface area contributed by atoms with Crippen LogP contribution < -0.4 is 0 Å². The molecule has 2 fully saturated rings. The van der Waals surface area contributed by atoms with Crippen molar-refractivity contribution in [3.8, 4) is 0 Å². The Balaban J connectivity index is 1.73. The average molecular weight is 355 g/mol. The molecular weight excluding hydrogens is 335 g/mol. The van der Waals surface area contributed by atoms with Crippen LogP contribution in [0.25, 0.3) is 0 Å². The van der Waals surface area contributed by atoms with E-state index in [-0.39, 0.29) is 11.5 Å². The van der Waals surface area contributed by atoms with Crippen molar-refractivity contribution in [2.75, 3.05) is 26.2 Å². The van der Waals surface area contributed by atoms with E-state index in [1.165, 1.54) is 12.8 Å². The standard InChI is InChI=1S/C16H20BrFN2O/c17-14-7-3-6-13(15(14)18)16(21)20-10-4-5-12(11-20)19-8-1-2-9-19/h3,6-7,12H,1-2,4-5,8-11H2. The van der Waals surface area contributed by atoms with E-state index < -0.39 is 5.82 Å². The number of nitrogens with zero attached hydrogens (tertiary/aromatic N) is 2. The third kappa shape index (κ3) is 3.14. The maximum absolute atomic E-state index is 14.1. The zero-order valence-corrected chi connectivity index (χ0v) is 13.6. The fourth-order valence-electron chi connectivity index (χ4n) is 3.38. The van der Waals surface area contributed by atoms with E-state index in [0.29, 0.717) is 10.5 Å². The third-order valence-electron chi connectivity index (χ3n) is 4.52. The molecule has 5 heteroatoms. The Morgan fingerprint density at radius 2 is 1.95 bits per heavy atom. The highest BCUT2D eigenvalue weighted by Gasteiger charge is 2.30. The maximum atomic E-state index is 14.1. The molecule has 0 aromatic heterocycles. The van der Waals surface area contributed by atoms with Crippen LogP contribution in [0, 0.1) is 5.82 Å². The van der Waals surface area contributed by atoms with E-state index in [9.17, 15) is 9.18 Å². The monoisotopic (exact) mass is 354 g/mol. The topological polar surface area (TPSA) is 23.6 Å². The van der Waals surface area contributed by atoms with E-state index in [1.807, 2.05) is 4.90 Å². The van der Waals surface area contributed by atoms with Crippen LogP contribution in [0.1, 0.15) is 36.0 Å². The van der Waals surface area contributed by atoms with Crippen molar-refractivity contribution in [2.24, 2.45) is 0 Å². The van der Waals surface area contributed by atoms with Gasteiger partial charge in [-0.25, -0.2) is 4.39 Å². The van der Waals surface area contributed by atoms with Gasteiger partial charge in [-0.1, -0.05) is 6.07 Å². The van der Waals surface area contributed by atoms with Gasteiger partial charge in [0.1, 0.15) is 5.82 Å². The number of likely N-dealkylation sites (tertiary alicyclic amines) is 2. The van der Waals surface area contributed by atoms with Gasteiger partial charge in [-0.05, 0) is 66.8 Å². The molecule has 1 unspecified atom stereocenters. The van der Waals surface area contributed by atoms with E-state index in [4.69, 9.17) is 0 Å². The summed E-state index contributed by atoms with van der Waals surface area (Å²) in [6.45, 7) is 3.73. The molecule has 3 rings (SSSR count). The van der Waals surface area contributed by atoms with Gasteiger partial charge in [-0.15, -0.1) is 0 Å². The van der Waals surface area contributed by atoms with Gasteiger partial charge in [0.2, 0.25) is 0 Å². The van der Waals surface area contributed by atoms with Crippen LogP contribution in [0.3, 0.4) is 0 Å². The molecule has 2 heterocycles. The summed E-state index contributed by atoms with van der Waals surface area (Å²) in [5, 5.41) is 0. The summed E-state index contributed by atoms with van der Waals surface area (Å²) in [7, 11) is 0. The summed E-state index contributed by atoms with van der Waals surface area (Å²) in [4.78, 5) is 16.9. The molecule has 1 aromatic rings. The summed E-state index contributed by atoms with van der Waals surface area (Å²) < 4.78 is 14.4. The summed E-state index contributed by atoms with van der Waals surface area (Å²) in [5.41, 5.74) is 0.173. The molecule has 2 aliphatic heterocycles. The first-order chi connectivity index (χ1) is 10.2. The number of carbonyl (C=O) groups is 1. The van der Waals surface area contributed by atoms with Gasteiger partial charge in [-0.2, -0.15) is 0 Å². The van der Waals surface area contributed by atoms with E-state index in [1.54, 1.807) is 18.2 Å². The summed E-state index contributed by atoms with van der Waals surface area (Å²) in [6.07, 6.45) is 4.66. The van der Waals surface area contributed by atoms with Crippen LogP contribution in [0.4, 0.5) is 4.39 Å². The second kappa shape index (κ2) is 6.44. The van der Waals surface area contributed by atoms with Gasteiger partial charge in [0.05, 0.1) is 10.0 Å². The SMILES string of the molecule is O=C(c1cccc(Br)c1F)N1CCCC(N2CCCC2)C1. The van der Waals surface area contributed by atoms with Gasteiger partial charge in [0.25, 0.3) is 5.91 Å². The van der Waals surface area contributed by atoms with Crippen LogP contribution in [0.5, 0.6) is 0 Å². The normalized spacial score (nSPS) is 23.5. The van der Waals surface area contributed by atoms with Crippen molar-refractivity contribution < 1.29 is 9.18 Å². The van der Waals surface area contributed by atoms with Crippen molar-refractivity contribution in [3.05, 3.63) is 34.1 Å². The predicted octanol–water partition coefficient (Wildman–Crippen LogP) is 3.29. The Bertz CT molecular complexity index is 531. The molecule has 1 aromatic carbocycles. The largest absolute Gasteiger partial charge is 0.337 e. The summed E-state index contributed by atoms with van der Waals surface area (Å²) in [5.74, 6) is -0.636. The minimum Gasteiger partial charge on any atom is -0.337 e. The number of benzene rings is 1. The molecule has 2 saturated heterocycles. The molecule has 1 atom stereocenters. The average Bonchev–Trinajstić information content (AvgIpc) is 3.04. The molecule has 0 bridgehead atoms. The number of rotatable bonds is 2. The highest BCUT2D eigenvalue weighted by Crippen LogP contribution is 2.24. The molecule has 0 radical (unpaired) electrons. The van der Waals surface area contributed by atoms with Crippen LogP contribution >= 0.6 is 15.9 Å². The Kier molecular flexibility index (Phi) is 4.60. The lowest BCUT2D eigenvalue weighted by atomic mass is 10.0. The zero-order valence-electron chi connectivity index (χ0n) is 12.0. The number of hydrogen-bond acceptors (Lipinski definition) is 2. The van der Waals surface area contributed by atoms with Crippen molar-refractivity contribution in [1.82, 2.24) is 9.80 Å². The van der Waals surface area contributed by atoms with Crippen molar-refractivity contribution >= 4 is 21.8 Å². The molecule has 0 spiro atoms. The van der Waals surface area contributed by atoms with Crippen LogP contribution in [-0.4, -0.2) is 47.9 Å². The molecule has 3 nitrogen and oxygen atoms in total. The molecule has 2 aliphatic rings. The number of hydrogen-bond donors (Lipinski definition) is 0. The molecular formula is C16H20BrFN2O. The van der Waals surface area contributed by atoms with Crippen LogP contribution in [0.2, 0.25) is 0 Å². The second-order valence-electron chi connectivity index (χ2n) is 5.89. The van der Waals surface area contributed by atoms with Crippen molar-refractivity contribution in [2.45, 2.75) is 31.7 Å². The molecule has 1 amide bonds. The van der Waals surface area contributed by atoms with Gasteiger partial charge >= 0.3 is 0 Å². The highest BCUT2D eigenvalue weighted by molar-refractivity contribution is 9.10. The van der Waals surface area contributed by atoms with Gasteiger partial charge in [0, 0.05) is 19.1 Å². The Morgan fingerprint density at radius 3 is 2.71 bits per heavy atom. The quantitative estimate of drug-likeness (QED) is 0.813. The maximum Gasteiger partial charge on any atom is 0.256 e.